The summed E-state index contributed by atoms with van der Waals surface area (Å²) in [6.07, 6.45) is -0.271. The summed E-state index contributed by atoms with van der Waals surface area (Å²) >= 11 is 0. The Morgan fingerprint density at radius 1 is 0.635 bits per heavy atom. The Balaban J connectivity index is 1.71. The number of imidazole rings is 1. The zero-order chi connectivity index (χ0) is 77.1. The topological polar surface area (TPSA) is 544 Å². The Morgan fingerprint density at radius 3 is 1.76 bits per heavy atom. The van der Waals surface area contributed by atoms with Gasteiger partial charge in [-0.15, -0.1) is 0 Å². The molecule has 4 heterocycles. The smallest absolute Gasteiger partial charge is 0.305 e. The van der Waals surface area contributed by atoms with Crippen LogP contribution in [0.2, 0.25) is 0 Å². The number of primary amides is 1. The third kappa shape index (κ3) is 29.1. The molecule has 2 fully saturated rings. The number of aromatic nitrogens is 3. The SMILES string of the molecule is CC(C)C[C@@H]1NC(=O)[C@H](Cc2cnc[nH]2)NC(=O)[C@@H]2CCSSCC[C@H](NC(=O)[C@H](CC(C)C)NC(=O)[C@H](CCC(=O)O)NC(=O)CNC1=O)C(=O)N[C@@H](Cc1c[nH]c3ccccc13)C(=O)N[C@H](C(=O)N[C@H](C(N)=O)[C@@H](C)O)CSSC[C@H](NC(=O)[C@H](CC(=O)O)NC(C)(C)C)C(=O)N[C@@H](C)C(=O)N2. The zero-order valence-corrected chi connectivity index (χ0v) is 62.5. The highest BCUT2D eigenvalue weighted by molar-refractivity contribution is 8.77. The van der Waals surface area contributed by atoms with E-state index < -0.39 is 210 Å². The Bertz CT molecular complexity index is 3520. The minimum atomic E-state index is -1.71. The van der Waals surface area contributed by atoms with Gasteiger partial charge < -0.3 is 100 Å². The van der Waals surface area contributed by atoms with Gasteiger partial charge in [0.15, 0.2) is 0 Å². The fourth-order valence-electron chi connectivity index (χ4n) is 10.8. The maximum absolute atomic E-state index is 15.2. The Kier molecular flexibility index (Phi) is 34.5. The molecule has 104 heavy (non-hydrogen) atoms. The number of para-hydroxylation sites is 1. The molecule has 3 aromatic rings. The summed E-state index contributed by atoms with van der Waals surface area (Å²) in [6, 6.07) is -11.7. The Hall–Kier alpha value is -8.66. The van der Waals surface area contributed by atoms with E-state index in [1.54, 1.807) is 78.9 Å². The number of nitrogens with two attached hydrogens (primary N) is 1. The number of rotatable bonds is 20. The maximum Gasteiger partial charge on any atom is 0.305 e. The lowest BCUT2D eigenvalue weighted by molar-refractivity contribution is -0.140. The molecule has 0 aliphatic carbocycles. The molecule has 35 nitrogen and oxygen atoms in total. The van der Waals surface area contributed by atoms with Gasteiger partial charge in [-0.05, 0) is 90.2 Å². The molecule has 2 aromatic heterocycles. The number of nitrogens with zero attached hydrogens (tertiary/aromatic N) is 1. The lowest BCUT2D eigenvalue weighted by Crippen LogP contribution is -2.61. The second kappa shape index (κ2) is 41.7. The third-order valence-corrected chi connectivity index (χ3v) is 20.9. The van der Waals surface area contributed by atoms with Crippen molar-refractivity contribution in [1.82, 2.24) is 84.1 Å². The number of aliphatic hydroxyl groups is 1. The van der Waals surface area contributed by atoms with Crippen molar-refractivity contribution in [1.29, 1.82) is 0 Å². The number of amides is 13. The van der Waals surface area contributed by atoms with Crippen molar-refractivity contribution in [2.45, 2.75) is 204 Å². The van der Waals surface area contributed by atoms with Gasteiger partial charge in [0.05, 0.1) is 31.4 Å². The lowest BCUT2D eigenvalue weighted by atomic mass is 10.0. The summed E-state index contributed by atoms with van der Waals surface area (Å²) in [6.45, 7) is 13.6. The van der Waals surface area contributed by atoms with Crippen molar-refractivity contribution >= 4 is 143 Å². The third-order valence-electron chi connectivity index (χ3n) is 16.0. The van der Waals surface area contributed by atoms with Crippen LogP contribution in [-0.4, -0.2) is 233 Å². The standard InChI is InChI=1S/C65H97N17O18S4/c1-31(2)20-42-55(91)69-27-49(84)72-39(14-15-50(85)86)56(92)76-43(21-32(3)4)59(95)74-41-17-19-102-101-18-16-40(57(93)78-45(61(97)75-42)23-36-26-67-30-70-36)73-54(90)33(5)71-63(99)47(80-62(98)46(24-51(87)88)82-65(7,8)9)28-103-104-29-48(64(100)81-52(34(6)83)53(66)89)79-60(96)44(77-58(41)94)22-35-25-68-38-13-11-10-12-37(35)38/h10-13,25-26,30-34,39-48,52,68,82-83H,14-24,27-29H2,1-9H3,(H2,66,89)(H,67,70)(H,69,91)(H,71,99)(H,72,84)(H,73,90)(H,74,95)(H,75,97)(H,76,92)(H,77,94)(H,78,93)(H,79,96)(H,80,98)(H,81,100)(H,85,86)(H,87,88)/t33-,34+,39-,40-,41-,42-,43-,44-,45-,46-,47-,48-,52-/m0/s1. The molecule has 0 unspecified atom stereocenters. The number of carboxylic acids is 2. The molecule has 2 bridgehead atoms. The van der Waals surface area contributed by atoms with Gasteiger partial charge in [0.25, 0.3) is 0 Å². The van der Waals surface area contributed by atoms with E-state index in [0.717, 1.165) is 43.2 Å². The molecule has 2 aliphatic rings. The van der Waals surface area contributed by atoms with Crippen LogP contribution < -0.4 is 74.9 Å². The molecule has 0 radical (unpaired) electrons. The average molecular weight is 1530 g/mol. The number of aliphatic carboxylic acids is 2. The van der Waals surface area contributed by atoms with E-state index in [2.05, 4.69) is 84.1 Å². The number of carbonyl (C=O) groups is 15. The van der Waals surface area contributed by atoms with E-state index in [1.807, 2.05) is 0 Å². The largest absolute Gasteiger partial charge is 0.481 e. The first-order valence-electron chi connectivity index (χ1n) is 33.8. The van der Waals surface area contributed by atoms with E-state index in [0.29, 0.717) is 22.2 Å². The second-order valence-electron chi connectivity index (χ2n) is 27.1. The first-order chi connectivity index (χ1) is 49.0. The van der Waals surface area contributed by atoms with E-state index in [-0.39, 0.29) is 61.9 Å². The van der Waals surface area contributed by atoms with Crippen molar-refractivity contribution in [3.8, 4) is 0 Å². The van der Waals surface area contributed by atoms with Crippen LogP contribution in [0.15, 0.2) is 43.0 Å². The van der Waals surface area contributed by atoms with Crippen molar-refractivity contribution < 1.29 is 87.2 Å². The number of hydrogen-bond acceptors (Lipinski definition) is 22. The Labute approximate surface area is 616 Å². The number of benzene rings is 1. The van der Waals surface area contributed by atoms with Crippen molar-refractivity contribution in [3.63, 3.8) is 0 Å². The zero-order valence-electron chi connectivity index (χ0n) is 59.2. The van der Waals surface area contributed by atoms with Crippen LogP contribution in [0.3, 0.4) is 0 Å². The molecule has 1 aromatic carbocycles. The number of aromatic amines is 2. The highest BCUT2D eigenvalue weighted by atomic mass is 33.1. The summed E-state index contributed by atoms with van der Waals surface area (Å²) in [7, 11) is 3.96. The van der Waals surface area contributed by atoms with Crippen LogP contribution in [0.5, 0.6) is 0 Å². The van der Waals surface area contributed by atoms with Crippen LogP contribution in [0.25, 0.3) is 10.9 Å². The van der Waals surface area contributed by atoms with Crippen LogP contribution in [0.1, 0.15) is 119 Å². The van der Waals surface area contributed by atoms with Crippen LogP contribution in [0, 0.1) is 11.8 Å². The molecular weight excluding hydrogens is 1440 g/mol. The lowest BCUT2D eigenvalue weighted by Gasteiger charge is -2.29. The number of nitrogens with one attached hydrogen (secondary N) is 15. The minimum absolute atomic E-state index is 0.0122. The first-order valence-corrected chi connectivity index (χ1v) is 38.8. The van der Waals surface area contributed by atoms with Gasteiger partial charge in [0, 0.05) is 76.8 Å². The van der Waals surface area contributed by atoms with E-state index in [1.165, 1.54) is 26.4 Å². The molecule has 2 aliphatic heterocycles. The van der Waals surface area contributed by atoms with E-state index in [9.17, 15) is 77.6 Å². The number of carboxylic acid groups (broad SMARTS) is 2. The monoisotopic (exact) mass is 1530 g/mol. The molecule has 2 saturated heterocycles. The van der Waals surface area contributed by atoms with Crippen molar-refractivity contribution in [3.05, 3.63) is 54.2 Å². The van der Waals surface area contributed by atoms with Crippen LogP contribution in [-0.2, 0) is 84.8 Å². The van der Waals surface area contributed by atoms with E-state index >= 15 is 9.59 Å². The average Bonchev–Trinajstić information content (AvgIpc) is 1.60. The molecule has 0 spiro atoms. The van der Waals surface area contributed by atoms with Gasteiger partial charge in [0.2, 0.25) is 76.8 Å². The van der Waals surface area contributed by atoms with Crippen LogP contribution >= 0.6 is 43.2 Å². The fraction of sp³-hybridized carbons (Fsp3) is 0.600. The van der Waals surface area contributed by atoms with Gasteiger partial charge >= 0.3 is 11.9 Å². The molecule has 20 N–H and O–H groups in total. The van der Waals surface area contributed by atoms with Crippen molar-refractivity contribution in [2.75, 3.05) is 29.6 Å². The first kappa shape index (κ1) is 86.0. The van der Waals surface area contributed by atoms with Gasteiger partial charge in [-0.2, -0.15) is 0 Å². The Morgan fingerprint density at radius 2 is 1.19 bits per heavy atom. The summed E-state index contributed by atoms with van der Waals surface area (Å²) < 4.78 is 0. The normalized spacial score (nSPS) is 24.5. The summed E-state index contributed by atoms with van der Waals surface area (Å²) in [4.78, 5) is 221. The molecule has 39 heteroatoms. The summed E-state index contributed by atoms with van der Waals surface area (Å²) in [5.41, 5.74) is 6.18. The molecule has 0 saturated carbocycles. The van der Waals surface area contributed by atoms with Crippen molar-refractivity contribution in [2.24, 2.45) is 17.6 Å². The van der Waals surface area contributed by atoms with Crippen LogP contribution in [0.4, 0.5) is 0 Å². The summed E-state index contributed by atoms with van der Waals surface area (Å²) in [5, 5.41) is 64.7. The van der Waals surface area contributed by atoms with Gasteiger partial charge in [-0.25, -0.2) is 4.98 Å². The summed E-state index contributed by atoms with van der Waals surface area (Å²) in [5.74, 6) is -17.0. The minimum Gasteiger partial charge on any atom is -0.481 e. The highest BCUT2D eigenvalue weighted by Gasteiger charge is 2.38. The quantitative estimate of drug-likeness (QED) is 0.0532. The molecular formula is C65H97N17O18S4. The maximum atomic E-state index is 15.2. The van der Waals surface area contributed by atoms with Gasteiger partial charge in [0.1, 0.15) is 66.5 Å². The highest BCUT2D eigenvalue weighted by Crippen LogP contribution is 2.27. The van der Waals surface area contributed by atoms with E-state index in [4.69, 9.17) is 5.73 Å². The predicted molar refractivity (Wildman–Crippen MR) is 389 cm³/mol. The number of aliphatic hydroxyl groups excluding tert-OH is 1. The molecule has 13 atom stereocenters. The number of H-pyrrole nitrogens is 2. The van der Waals surface area contributed by atoms with Gasteiger partial charge in [-0.3, -0.25) is 71.9 Å². The van der Waals surface area contributed by atoms with Gasteiger partial charge in [-0.1, -0.05) is 89.1 Å². The second-order valence-corrected chi connectivity index (χ2v) is 32.3. The molecule has 5 rings (SSSR count). The predicted octanol–water partition coefficient (Wildman–Crippen LogP) is -2.23. The number of hydrogen-bond donors (Lipinski definition) is 19. The fourth-order valence-corrected chi connectivity index (χ4v) is 15.3. The number of carbonyl (C=O) groups excluding carboxylic acids is 13. The number of fused-ring (bicyclic) bond motifs is 8. The molecule has 574 valence electrons. The molecule has 13 amide bonds.